The van der Waals surface area contributed by atoms with Crippen molar-refractivity contribution in [2.45, 2.75) is 12.6 Å². The number of rotatable bonds is 6. The molecule has 154 valence electrons. The SMILES string of the molecule is CN(C)CCCNC1=CC(=O)c2nc(-c3c(F)cccc3C(F)(F)F)oc2C1=O. The quantitative estimate of drug-likeness (QED) is 0.581. The minimum absolute atomic E-state index is 0.0477. The Labute approximate surface area is 163 Å². The van der Waals surface area contributed by atoms with Crippen molar-refractivity contribution in [3.63, 3.8) is 0 Å². The van der Waals surface area contributed by atoms with E-state index in [0.717, 1.165) is 24.8 Å². The third kappa shape index (κ3) is 4.21. The predicted molar refractivity (Wildman–Crippen MR) is 94.8 cm³/mol. The van der Waals surface area contributed by atoms with Gasteiger partial charge >= 0.3 is 6.18 Å². The number of oxazole rings is 1. The summed E-state index contributed by atoms with van der Waals surface area (Å²) in [4.78, 5) is 30.5. The summed E-state index contributed by atoms with van der Waals surface area (Å²) in [5, 5.41) is 2.82. The molecule has 0 amide bonds. The molecular formula is C19H17F4N3O3. The molecule has 2 aromatic rings. The highest BCUT2D eigenvalue weighted by Crippen LogP contribution is 2.39. The van der Waals surface area contributed by atoms with Crippen LogP contribution in [0.3, 0.4) is 0 Å². The summed E-state index contributed by atoms with van der Waals surface area (Å²) in [7, 11) is 3.77. The second-order valence-electron chi connectivity index (χ2n) is 6.69. The van der Waals surface area contributed by atoms with Crippen LogP contribution in [0.1, 0.15) is 33.0 Å². The highest BCUT2D eigenvalue weighted by atomic mass is 19.4. The number of Topliss-reactive ketones (excluding diaryl/α,β-unsaturated/α-hetero) is 1. The molecule has 0 bridgehead atoms. The fraction of sp³-hybridized carbons (Fsp3) is 0.316. The monoisotopic (exact) mass is 411 g/mol. The van der Waals surface area contributed by atoms with Crippen LogP contribution in [0.25, 0.3) is 11.5 Å². The summed E-state index contributed by atoms with van der Waals surface area (Å²) in [6, 6.07) is 2.38. The number of halogens is 4. The van der Waals surface area contributed by atoms with Crippen LogP contribution in [0.15, 0.2) is 34.4 Å². The van der Waals surface area contributed by atoms with Crippen LogP contribution in [0.4, 0.5) is 17.6 Å². The first-order valence-electron chi connectivity index (χ1n) is 8.66. The number of carbonyl (C=O) groups is 2. The van der Waals surface area contributed by atoms with Crippen LogP contribution in [0, 0.1) is 5.82 Å². The summed E-state index contributed by atoms with van der Waals surface area (Å²) in [5.41, 5.74) is -2.75. The van der Waals surface area contributed by atoms with Crippen molar-refractivity contribution in [3.05, 3.63) is 52.8 Å². The van der Waals surface area contributed by atoms with Gasteiger partial charge in [-0.1, -0.05) is 6.07 Å². The third-order valence-corrected chi connectivity index (χ3v) is 4.22. The molecule has 1 aromatic carbocycles. The molecule has 3 rings (SSSR count). The smallest absolute Gasteiger partial charge is 0.417 e. The lowest BCUT2D eigenvalue weighted by Crippen LogP contribution is -2.28. The van der Waals surface area contributed by atoms with E-state index in [9.17, 15) is 27.2 Å². The second-order valence-corrected chi connectivity index (χ2v) is 6.69. The fourth-order valence-electron chi connectivity index (χ4n) is 2.86. The zero-order valence-corrected chi connectivity index (χ0v) is 15.6. The van der Waals surface area contributed by atoms with E-state index in [0.29, 0.717) is 19.0 Å². The van der Waals surface area contributed by atoms with Crippen LogP contribution >= 0.6 is 0 Å². The van der Waals surface area contributed by atoms with Crippen molar-refractivity contribution in [3.8, 4) is 11.5 Å². The molecule has 0 saturated heterocycles. The van der Waals surface area contributed by atoms with Crippen molar-refractivity contribution < 1.29 is 31.6 Å². The maximum atomic E-state index is 14.2. The average Bonchev–Trinajstić information content (AvgIpc) is 3.07. The van der Waals surface area contributed by atoms with E-state index in [-0.39, 0.29) is 5.70 Å². The molecule has 1 aliphatic rings. The Hall–Kier alpha value is -3.01. The van der Waals surface area contributed by atoms with E-state index in [1.165, 1.54) is 0 Å². The Kier molecular flexibility index (Phi) is 5.56. The molecule has 0 saturated carbocycles. The van der Waals surface area contributed by atoms with E-state index in [1.54, 1.807) is 0 Å². The Balaban J connectivity index is 1.93. The van der Waals surface area contributed by atoms with Crippen molar-refractivity contribution in [1.82, 2.24) is 15.2 Å². The van der Waals surface area contributed by atoms with Gasteiger partial charge in [-0.15, -0.1) is 0 Å². The number of alkyl halides is 3. The molecule has 0 unspecified atom stereocenters. The molecule has 1 aliphatic carbocycles. The average molecular weight is 411 g/mol. The number of nitrogens with zero attached hydrogens (tertiary/aromatic N) is 2. The molecule has 0 atom stereocenters. The van der Waals surface area contributed by atoms with Gasteiger partial charge in [0.25, 0.3) is 0 Å². The van der Waals surface area contributed by atoms with E-state index in [2.05, 4.69) is 10.3 Å². The van der Waals surface area contributed by atoms with Gasteiger partial charge in [-0.2, -0.15) is 13.2 Å². The van der Waals surface area contributed by atoms with Gasteiger partial charge in [0.15, 0.2) is 5.69 Å². The van der Waals surface area contributed by atoms with E-state index in [4.69, 9.17) is 4.42 Å². The maximum Gasteiger partial charge on any atom is 0.417 e. The van der Waals surface area contributed by atoms with Gasteiger partial charge in [-0.05, 0) is 39.2 Å². The second kappa shape index (κ2) is 7.78. The molecule has 6 nitrogen and oxygen atoms in total. The molecular weight excluding hydrogens is 394 g/mol. The number of ketones is 2. The summed E-state index contributed by atoms with van der Waals surface area (Å²) < 4.78 is 59.1. The molecule has 1 aromatic heterocycles. The summed E-state index contributed by atoms with van der Waals surface area (Å²) in [5.74, 6) is -3.96. The Morgan fingerprint density at radius 3 is 2.59 bits per heavy atom. The van der Waals surface area contributed by atoms with E-state index in [1.807, 2.05) is 19.0 Å². The van der Waals surface area contributed by atoms with Crippen LogP contribution in [0.2, 0.25) is 0 Å². The molecule has 0 radical (unpaired) electrons. The lowest BCUT2D eigenvalue weighted by molar-refractivity contribution is -0.137. The Morgan fingerprint density at radius 1 is 1.21 bits per heavy atom. The molecule has 1 heterocycles. The minimum atomic E-state index is -4.88. The molecule has 29 heavy (non-hydrogen) atoms. The molecule has 0 spiro atoms. The van der Waals surface area contributed by atoms with Gasteiger partial charge in [0, 0.05) is 12.6 Å². The first-order valence-corrected chi connectivity index (χ1v) is 8.66. The van der Waals surface area contributed by atoms with E-state index >= 15 is 0 Å². The summed E-state index contributed by atoms with van der Waals surface area (Å²) in [6.07, 6.45) is -3.18. The number of nitrogens with one attached hydrogen (secondary N) is 1. The summed E-state index contributed by atoms with van der Waals surface area (Å²) >= 11 is 0. The van der Waals surface area contributed by atoms with Crippen molar-refractivity contribution in [2.24, 2.45) is 0 Å². The van der Waals surface area contributed by atoms with E-state index < -0.39 is 52.0 Å². The lowest BCUT2D eigenvalue weighted by atomic mass is 10.0. The van der Waals surface area contributed by atoms with Crippen LogP contribution in [-0.2, 0) is 6.18 Å². The zero-order chi connectivity index (χ0) is 21.3. The van der Waals surface area contributed by atoms with Gasteiger partial charge in [0.1, 0.15) is 5.82 Å². The number of aromatic nitrogens is 1. The number of hydrogen-bond acceptors (Lipinski definition) is 6. The minimum Gasteiger partial charge on any atom is -0.432 e. The van der Waals surface area contributed by atoms with Crippen molar-refractivity contribution >= 4 is 11.6 Å². The highest BCUT2D eigenvalue weighted by molar-refractivity contribution is 6.22. The number of allylic oxidation sites excluding steroid dienone is 2. The number of carbonyl (C=O) groups excluding carboxylic acids is 2. The Morgan fingerprint density at radius 2 is 1.93 bits per heavy atom. The van der Waals surface area contributed by atoms with Gasteiger partial charge in [0.2, 0.25) is 23.2 Å². The van der Waals surface area contributed by atoms with Gasteiger partial charge in [0.05, 0.1) is 16.8 Å². The van der Waals surface area contributed by atoms with Gasteiger partial charge < -0.3 is 14.6 Å². The van der Waals surface area contributed by atoms with Crippen LogP contribution in [-0.4, -0.2) is 48.6 Å². The van der Waals surface area contributed by atoms with Crippen molar-refractivity contribution in [1.29, 1.82) is 0 Å². The zero-order valence-electron chi connectivity index (χ0n) is 15.6. The molecule has 10 heteroatoms. The molecule has 0 aliphatic heterocycles. The number of fused-ring (bicyclic) bond motifs is 1. The standard InChI is InChI=1S/C19H17F4N3O3/c1-26(2)8-4-7-24-12-9-13(27)15-17(16(12)28)29-18(25-15)14-10(19(21,22)23)5-3-6-11(14)20/h3,5-6,9,24H,4,7-8H2,1-2H3. The Bertz CT molecular complexity index is 993. The van der Waals surface area contributed by atoms with Gasteiger partial charge in [-0.25, -0.2) is 9.37 Å². The topological polar surface area (TPSA) is 75.4 Å². The number of hydrogen-bond donors (Lipinski definition) is 1. The predicted octanol–water partition coefficient (Wildman–Crippen LogP) is 3.30. The first kappa shape index (κ1) is 20.7. The third-order valence-electron chi connectivity index (χ3n) is 4.22. The van der Waals surface area contributed by atoms with Crippen LogP contribution in [0.5, 0.6) is 0 Å². The van der Waals surface area contributed by atoms with Crippen LogP contribution < -0.4 is 5.32 Å². The largest absolute Gasteiger partial charge is 0.432 e. The fourth-order valence-corrected chi connectivity index (χ4v) is 2.86. The maximum absolute atomic E-state index is 14.2. The number of benzene rings is 1. The van der Waals surface area contributed by atoms with Gasteiger partial charge in [-0.3, -0.25) is 9.59 Å². The highest BCUT2D eigenvalue weighted by Gasteiger charge is 2.38. The first-order chi connectivity index (χ1) is 13.6. The molecule has 1 N–H and O–H groups in total. The summed E-state index contributed by atoms with van der Waals surface area (Å²) in [6.45, 7) is 1.14. The molecule has 0 fully saturated rings. The lowest BCUT2D eigenvalue weighted by Gasteiger charge is -2.13. The van der Waals surface area contributed by atoms with Crippen molar-refractivity contribution in [2.75, 3.05) is 27.2 Å². The normalized spacial score (nSPS) is 14.2.